The maximum atomic E-state index is 4.78. The molecular formula is C46H34N4. The van der Waals surface area contributed by atoms with Gasteiger partial charge in [-0.05, 0) is 89.9 Å². The van der Waals surface area contributed by atoms with Gasteiger partial charge in [-0.2, -0.15) is 0 Å². The molecule has 3 aromatic heterocycles. The molecule has 0 radical (unpaired) electrons. The first-order valence-corrected chi connectivity index (χ1v) is 17.1. The molecule has 5 aromatic carbocycles. The molecule has 50 heavy (non-hydrogen) atoms. The van der Waals surface area contributed by atoms with E-state index in [0.29, 0.717) is 0 Å². The van der Waals surface area contributed by atoms with Gasteiger partial charge in [0.05, 0.1) is 16.6 Å². The van der Waals surface area contributed by atoms with Crippen molar-refractivity contribution in [3.05, 3.63) is 188 Å². The van der Waals surface area contributed by atoms with Gasteiger partial charge in [0.15, 0.2) is 0 Å². The lowest BCUT2D eigenvalue weighted by Crippen LogP contribution is -2.24. The summed E-state index contributed by atoms with van der Waals surface area (Å²) < 4.78 is 0. The van der Waals surface area contributed by atoms with Crippen molar-refractivity contribution >= 4 is 44.1 Å². The normalized spacial score (nSPS) is 15.7. The molecule has 9 rings (SSSR count). The number of allylic oxidation sites excluding steroid dienone is 3. The Bertz CT molecular complexity index is 2460. The molecule has 0 saturated heterocycles. The zero-order valence-corrected chi connectivity index (χ0v) is 27.7. The molecule has 0 aliphatic heterocycles. The second-order valence-corrected chi connectivity index (χ2v) is 13.3. The van der Waals surface area contributed by atoms with Gasteiger partial charge in [-0.1, -0.05) is 97.9 Å². The molecule has 4 nitrogen and oxygen atoms in total. The molecule has 1 aliphatic rings. The maximum Gasteiger partial charge on any atom is 0.0702 e. The Kier molecular flexibility index (Phi) is 7.28. The van der Waals surface area contributed by atoms with Gasteiger partial charge in [-0.25, -0.2) is 0 Å². The van der Waals surface area contributed by atoms with Crippen molar-refractivity contribution in [1.29, 1.82) is 0 Å². The lowest BCUT2D eigenvalue weighted by Gasteiger charge is -2.33. The minimum Gasteiger partial charge on any atom is -0.311 e. The van der Waals surface area contributed by atoms with E-state index in [1.54, 1.807) is 0 Å². The predicted molar refractivity (Wildman–Crippen MR) is 207 cm³/mol. The fraction of sp³-hybridized carbons (Fsp3) is 0.0652. The lowest BCUT2D eigenvalue weighted by atomic mass is 9.77. The van der Waals surface area contributed by atoms with Crippen molar-refractivity contribution < 1.29 is 0 Å². The second kappa shape index (κ2) is 12.2. The Hall–Kier alpha value is -6.39. The highest BCUT2D eigenvalue weighted by molar-refractivity contribution is 5.86. The summed E-state index contributed by atoms with van der Waals surface area (Å²) in [6, 6.07) is 49.2. The van der Waals surface area contributed by atoms with Crippen molar-refractivity contribution in [2.75, 3.05) is 4.90 Å². The summed E-state index contributed by atoms with van der Waals surface area (Å²) >= 11 is 0. The molecule has 0 amide bonds. The van der Waals surface area contributed by atoms with E-state index in [-0.39, 0.29) is 5.41 Å². The van der Waals surface area contributed by atoms with Crippen LogP contribution in [0, 0.1) is 0 Å². The van der Waals surface area contributed by atoms with Crippen LogP contribution < -0.4 is 4.90 Å². The van der Waals surface area contributed by atoms with Crippen LogP contribution in [0.3, 0.4) is 0 Å². The van der Waals surface area contributed by atoms with Crippen molar-refractivity contribution in [2.45, 2.75) is 18.8 Å². The molecule has 3 heterocycles. The fourth-order valence-electron chi connectivity index (χ4n) is 7.00. The molecule has 0 N–H and O–H groups in total. The van der Waals surface area contributed by atoms with Crippen LogP contribution in [0.5, 0.6) is 0 Å². The van der Waals surface area contributed by atoms with E-state index in [1.807, 2.05) is 36.8 Å². The number of rotatable bonds is 6. The third kappa shape index (κ3) is 5.51. The summed E-state index contributed by atoms with van der Waals surface area (Å²) in [4.78, 5) is 16.5. The highest BCUT2D eigenvalue weighted by atomic mass is 15.1. The summed E-state index contributed by atoms with van der Waals surface area (Å²) in [6.07, 6.45) is 13.8. The molecule has 4 heteroatoms. The van der Waals surface area contributed by atoms with E-state index in [4.69, 9.17) is 15.0 Å². The number of hydrogen-bond donors (Lipinski definition) is 0. The third-order valence-corrected chi connectivity index (χ3v) is 9.96. The standard InChI is InChI=1S/C46H34N4/c1-46(39-28-36-10-4-7-13-45(36)49-31-39)24-22-42(23-25-46)50(40-18-14-32(15-19-40)37-26-34-8-2-5-11-43(34)47-29-37)41-20-16-33(17-21-41)38-27-35-9-3-6-12-44(35)48-30-38/h2-24,26-31H,25H2,1H3. The monoisotopic (exact) mass is 642 g/mol. The van der Waals surface area contributed by atoms with Crippen molar-refractivity contribution in [1.82, 2.24) is 15.0 Å². The number of para-hydroxylation sites is 3. The van der Waals surface area contributed by atoms with Crippen molar-refractivity contribution in [3.8, 4) is 22.3 Å². The summed E-state index contributed by atoms with van der Waals surface area (Å²) in [5.74, 6) is 0. The number of aromatic nitrogens is 3. The largest absolute Gasteiger partial charge is 0.311 e. The Morgan fingerprint density at radius 1 is 0.500 bits per heavy atom. The van der Waals surface area contributed by atoms with Crippen LogP contribution in [0.4, 0.5) is 11.4 Å². The van der Waals surface area contributed by atoms with E-state index >= 15 is 0 Å². The van der Waals surface area contributed by atoms with E-state index in [1.165, 1.54) is 10.9 Å². The van der Waals surface area contributed by atoms with Gasteiger partial charge in [0.25, 0.3) is 0 Å². The number of nitrogens with zero attached hydrogens (tertiary/aromatic N) is 4. The molecule has 0 saturated carbocycles. The first kappa shape index (κ1) is 29.7. The average molecular weight is 643 g/mol. The Balaban J connectivity index is 1.07. The van der Waals surface area contributed by atoms with Crippen LogP contribution in [0.1, 0.15) is 18.9 Å². The summed E-state index contributed by atoms with van der Waals surface area (Å²) in [7, 11) is 0. The molecule has 238 valence electrons. The Labute approximate surface area is 291 Å². The van der Waals surface area contributed by atoms with Gasteiger partial charge in [-0.15, -0.1) is 0 Å². The maximum absolute atomic E-state index is 4.78. The Morgan fingerprint density at radius 2 is 0.960 bits per heavy atom. The van der Waals surface area contributed by atoms with Crippen LogP contribution in [-0.4, -0.2) is 15.0 Å². The zero-order chi connectivity index (χ0) is 33.5. The van der Waals surface area contributed by atoms with Crippen LogP contribution in [0.15, 0.2) is 182 Å². The molecule has 0 fully saturated rings. The van der Waals surface area contributed by atoms with Crippen LogP contribution in [0.2, 0.25) is 0 Å². The number of fused-ring (bicyclic) bond motifs is 3. The van der Waals surface area contributed by atoms with Crippen molar-refractivity contribution in [2.24, 2.45) is 0 Å². The highest BCUT2D eigenvalue weighted by Crippen LogP contribution is 2.40. The molecule has 1 atom stereocenters. The third-order valence-electron chi connectivity index (χ3n) is 9.96. The average Bonchev–Trinajstić information content (AvgIpc) is 3.19. The van der Waals surface area contributed by atoms with Gasteiger partial charge in [0, 0.05) is 68.4 Å². The van der Waals surface area contributed by atoms with Crippen molar-refractivity contribution in [3.63, 3.8) is 0 Å². The highest BCUT2D eigenvalue weighted by Gasteiger charge is 2.28. The van der Waals surface area contributed by atoms with Crippen LogP contribution in [-0.2, 0) is 5.41 Å². The van der Waals surface area contributed by atoms with Crippen LogP contribution in [0.25, 0.3) is 55.0 Å². The van der Waals surface area contributed by atoms with Gasteiger partial charge in [0.2, 0.25) is 0 Å². The molecule has 8 aromatic rings. The second-order valence-electron chi connectivity index (χ2n) is 13.3. The first-order chi connectivity index (χ1) is 24.6. The fourth-order valence-corrected chi connectivity index (χ4v) is 7.00. The minimum absolute atomic E-state index is 0.161. The topological polar surface area (TPSA) is 41.9 Å². The van der Waals surface area contributed by atoms with Gasteiger partial charge >= 0.3 is 0 Å². The summed E-state index contributed by atoms with van der Waals surface area (Å²) in [5.41, 5.74) is 11.9. The van der Waals surface area contributed by atoms with E-state index in [2.05, 4.69) is 151 Å². The smallest absolute Gasteiger partial charge is 0.0702 e. The molecule has 1 aliphatic carbocycles. The summed E-state index contributed by atoms with van der Waals surface area (Å²) in [5, 5.41) is 3.44. The van der Waals surface area contributed by atoms with E-state index < -0.39 is 0 Å². The Morgan fingerprint density at radius 3 is 1.44 bits per heavy atom. The quantitative estimate of drug-likeness (QED) is 0.181. The molecule has 1 unspecified atom stereocenters. The molecule has 0 bridgehead atoms. The predicted octanol–water partition coefficient (Wildman–Crippen LogP) is 11.6. The first-order valence-electron chi connectivity index (χ1n) is 17.1. The van der Waals surface area contributed by atoms with Gasteiger partial charge in [-0.3, -0.25) is 15.0 Å². The number of benzene rings is 5. The van der Waals surface area contributed by atoms with E-state index in [9.17, 15) is 0 Å². The van der Waals surface area contributed by atoms with Gasteiger partial charge in [0.1, 0.15) is 0 Å². The van der Waals surface area contributed by atoms with Crippen LogP contribution >= 0.6 is 0 Å². The summed E-state index contributed by atoms with van der Waals surface area (Å²) in [6.45, 7) is 2.30. The number of anilines is 2. The minimum atomic E-state index is -0.161. The molecule has 0 spiro atoms. The SMILES string of the molecule is CC1(c2cnc3ccccc3c2)C=CC(N(c2ccc(-c3cnc4ccccc4c3)cc2)c2ccc(-c3cnc4ccccc4c3)cc2)=CC1. The number of pyridine rings is 3. The molecular weight excluding hydrogens is 609 g/mol. The van der Waals surface area contributed by atoms with Gasteiger partial charge < -0.3 is 4.90 Å². The number of hydrogen-bond acceptors (Lipinski definition) is 4. The van der Waals surface area contributed by atoms with E-state index in [0.717, 1.165) is 73.1 Å². The zero-order valence-electron chi connectivity index (χ0n) is 27.7. The lowest BCUT2D eigenvalue weighted by molar-refractivity contribution is 0.594.